The van der Waals surface area contributed by atoms with Crippen LogP contribution in [0.15, 0.2) is 0 Å². The molecule has 0 heterocycles. The molecule has 0 spiro atoms. The maximum absolute atomic E-state index is 12.1. The predicted molar refractivity (Wildman–Crippen MR) is 129 cm³/mol. The second-order valence-corrected chi connectivity index (χ2v) is 9.24. The lowest BCUT2D eigenvalue weighted by molar-refractivity contribution is -0.150. The number of alkyl halides is 1. The van der Waals surface area contributed by atoms with Gasteiger partial charge in [0.05, 0.1) is 11.8 Å². The lowest BCUT2D eigenvalue weighted by atomic mass is 9.80. The number of carbonyl (C=O) groups is 3. The summed E-state index contributed by atoms with van der Waals surface area (Å²) in [5.74, 6) is -3.99. The highest BCUT2D eigenvalue weighted by molar-refractivity contribution is 6.17. The Kier molecular flexibility index (Phi) is 19.0. The van der Waals surface area contributed by atoms with Gasteiger partial charge in [-0.2, -0.15) is 0 Å². The Balaban J connectivity index is 5.12. The summed E-state index contributed by atoms with van der Waals surface area (Å²) in [5, 5.41) is 19.6. The normalized spacial score (nSPS) is 14.8. The first kappa shape index (κ1) is 31.5. The molecule has 0 saturated carbocycles. The molecule has 4 atom stereocenters. The second-order valence-electron chi connectivity index (χ2n) is 9.02. The minimum atomic E-state index is -1.09. The number of unbranched alkanes of at least 4 members (excludes halogenated alkanes) is 9. The third kappa shape index (κ3) is 15.1. The SMILES string of the molecule is CCCCCCCCC(C(=O)O)C(C)CC(C(=O)O)C(CCCCCCC)OC(=O)OCCl. The highest BCUT2D eigenvalue weighted by Gasteiger charge is 2.36. The zero-order chi connectivity index (χ0) is 25.1. The number of aliphatic carboxylic acids is 2. The van der Waals surface area contributed by atoms with Gasteiger partial charge in [-0.15, -0.1) is 0 Å². The zero-order valence-corrected chi connectivity index (χ0v) is 21.5. The molecule has 194 valence electrons. The summed E-state index contributed by atoms with van der Waals surface area (Å²) < 4.78 is 9.97. The predicted octanol–water partition coefficient (Wildman–Crippen LogP) is 7.24. The number of carboxylic acids is 2. The number of carbonyl (C=O) groups excluding carboxylic acids is 1. The first-order valence-corrected chi connectivity index (χ1v) is 13.2. The Hall–Kier alpha value is -1.50. The Labute approximate surface area is 204 Å². The smallest absolute Gasteiger partial charge is 0.481 e. The molecule has 0 fully saturated rings. The van der Waals surface area contributed by atoms with Crippen molar-refractivity contribution in [2.75, 3.05) is 6.07 Å². The van der Waals surface area contributed by atoms with E-state index in [0.717, 1.165) is 64.2 Å². The van der Waals surface area contributed by atoms with E-state index in [-0.39, 0.29) is 18.4 Å². The summed E-state index contributed by atoms with van der Waals surface area (Å²) in [4.78, 5) is 35.9. The summed E-state index contributed by atoms with van der Waals surface area (Å²) in [6.45, 7) is 6.04. The average Bonchev–Trinajstić information content (AvgIpc) is 2.75. The van der Waals surface area contributed by atoms with Gasteiger partial charge in [0, 0.05) is 0 Å². The van der Waals surface area contributed by atoms with Crippen LogP contribution in [0.2, 0.25) is 0 Å². The van der Waals surface area contributed by atoms with Gasteiger partial charge in [0.2, 0.25) is 0 Å². The fraction of sp³-hybridized carbons (Fsp3) is 0.880. The van der Waals surface area contributed by atoms with E-state index in [4.69, 9.17) is 16.3 Å². The van der Waals surface area contributed by atoms with E-state index in [2.05, 4.69) is 18.6 Å². The van der Waals surface area contributed by atoms with Gasteiger partial charge in [0.25, 0.3) is 0 Å². The van der Waals surface area contributed by atoms with Crippen molar-refractivity contribution in [2.24, 2.45) is 17.8 Å². The minimum absolute atomic E-state index is 0.121. The third-order valence-corrected chi connectivity index (χ3v) is 6.39. The van der Waals surface area contributed by atoms with Gasteiger partial charge in [-0.1, -0.05) is 96.6 Å². The molecule has 2 N–H and O–H groups in total. The molecule has 8 heteroatoms. The molecule has 0 aromatic carbocycles. The van der Waals surface area contributed by atoms with E-state index in [0.29, 0.717) is 12.8 Å². The monoisotopic (exact) mass is 492 g/mol. The highest BCUT2D eigenvalue weighted by Crippen LogP contribution is 2.30. The second kappa shape index (κ2) is 19.9. The van der Waals surface area contributed by atoms with Crippen LogP contribution in [-0.2, 0) is 19.1 Å². The molecule has 0 bridgehead atoms. The summed E-state index contributed by atoms with van der Waals surface area (Å²) >= 11 is 5.43. The summed E-state index contributed by atoms with van der Waals surface area (Å²) in [5.41, 5.74) is 0. The number of ether oxygens (including phenoxy) is 2. The van der Waals surface area contributed by atoms with Crippen molar-refractivity contribution in [3.63, 3.8) is 0 Å². The van der Waals surface area contributed by atoms with E-state index in [9.17, 15) is 24.6 Å². The van der Waals surface area contributed by atoms with Crippen molar-refractivity contribution < 1.29 is 34.1 Å². The van der Waals surface area contributed by atoms with Crippen LogP contribution in [0.1, 0.15) is 111 Å². The van der Waals surface area contributed by atoms with E-state index in [1.54, 1.807) is 6.92 Å². The zero-order valence-electron chi connectivity index (χ0n) is 20.7. The van der Waals surface area contributed by atoms with Crippen LogP contribution in [0, 0.1) is 17.8 Å². The van der Waals surface area contributed by atoms with E-state index < -0.39 is 36.0 Å². The third-order valence-electron chi connectivity index (χ3n) is 6.28. The number of hydrogen-bond acceptors (Lipinski definition) is 5. The Morgan fingerprint density at radius 2 is 1.24 bits per heavy atom. The van der Waals surface area contributed by atoms with Gasteiger partial charge in [-0.25, -0.2) is 4.79 Å². The molecular formula is C25H45ClO7. The molecule has 0 aromatic heterocycles. The van der Waals surface area contributed by atoms with Crippen LogP contribution in [0.25, 0.3) is 0 Å². The number of halogens is 1. The lowest BCUT2D eigenvalue weighted by Gasteiger charge is -2.28. The van der Waals surface area contributed by atoms with Gasteiger partial charge in [-0.05, 0) is 31.6 Å². The van der Waals surface area contributed by atoms with Crippen molar-refractivity contribution in [3.05, 3.63) is 0 Å². The first-order valence-electron chi connectivity index (χ1n) is 12.6. The number of hydrogen-bond donors (Lipinski definition) is 2. The largest absolute Gasteiger partial charge is 0.509 e. The molecule has 0 aromatic rings. The van der Waals surface area contributed by atoms with Crippen LogP contribution in [-0.4, -0.2) is 40.5 Å². The molecular weight excluding hydrogens is 448 g/mol. The van der Waals surface area contributed by atoms with Crippen molar-refractivity contribution >= 4 is 29.7 Å². The van der Waals surface area contributed by atoms with Gasteiger partial charge in [0.1, 0.15) is 6.10 Å². The molecule has 0 radical (unpaired) electrons. The average molecular weight is 493 g/mol. The van der Waals surface area contributed by atoms with Gasteiger partial charge in [-0.3, -0.25) is 9.59 Å². The molecule has 0 aliphatic carbocycles. The van der Waals surface area contributed by atoms with Crippen LogP contribution in [0.5, 0.6) is 0 Å². The minimum Gasteiger partial charge on any atom is -0.481 e. The lowest BCUT2D eigenvalue weighted by Crippen LogP contribution is -2.36. The molecule has 0 aliphatic heterocycles. The van der Waals surface area contributed by atoms with Crippen LogP contribution in [0.4, 0.5) is 4.79 Å². The Morgan fingerprint density at radius 3 is 1.73 bits per heavy atom. The maximum Gasteiger partial charge on any atom is 0.509 e. The summed E-state index contributed by atoms with van der Waals surface area (Å²) in [6, 6.07) is -0.379. The summed E-state index contributed by atoms with van der Waals surface area (Å²) in [7, 11) is 0. The fourth-order valence-corrected chi connectivity index (χ4v) is 4.35. The van der Waals surface area contributed by atoms with E-state index in [1.807, 2.05) is 0 Å². The van der Waals surface area contributed by atoms with Crippen LogP contribution >= 0.6 is 11.6 Å². The van der Waals surface area contributed by atoms with Crippen molar-refractivity contribution in [3.8, 4) is 0 Å². The maximum atomic E-state index is 12.1. The first-order chi connectivity index (χ1) is 15.8. The highest BCUT2D eigenvalue weighted by atomic mass is 35.5. The molecule has 0 aliphatic rings. The molecule has 7 nitrogen and oxygen atoms in total. The topological polar surface area (TPSA) is 110 Å². The molecule has 0 saturated heterocycles. The van der Waals surface area contributed by atoms with Crippen molar-refractivity contribution in [1.82, 2.24) is 0 Å². The quantitative estimate of drug-likeness (QED) is 0.0985. The summed E-state index contributed by atoms with van der Waals surface area (Å²) in [6.07, 6.45) is 10.4. The number of carboxylic acid groups (broad SMARTS) is 2. The van der Waals surface area contributed by atoms with Crippen molar-refractivity contribution in [1.29, 1.82) is 0 Å². The Morgan fingerprint density at radius 1 is 0.758 bits per heavy atom. The van der Waals surface area contributed by atoms with Crippen LogP contribution < -0.4 is 0 Å². The molecule has 0 rings (SSSR count). The van der Waals surface area contributed by atoms with Crippen molar-refractivity contribution in [2.45, 2.75) is 117 Å². The molecule has 0 amide bonds. The Bertz CT molecular complexity index is 541. The number of rotatable bonds is 21. The molecule has 4 unspecified atom stereocenters. The standard InChI is InChI=1S/C25H45ClO7/c1-4-6-8-10-12-13-15-20(23(27)28)19(3)17-21(24(29)30)22(33-25(31)32-18-26)16-14-11-9-7-5-2/h19-22H,4-18H2,1-3H3,(H,27,28)(H,29,30). The van der Waals surface area contributed by atoms with E-state index in [1.165, 1.54) is 6.42 Å². The fourth-order valence-electron chi connectivity index (χ4n) is 4.27. The van der Waals surface area contributed by atoms with E-state index >= 15 is 0 Å². The van der Waals surface area contributed by atoms with Gasteiger partial charge >= 0.3 is 18.1 Å². The van der Waals surface area contributed by atoms with Gasteiger partial charge < -0.3 is 19.7 Å². The van der Waals surface area contributed by atoms with Gasteiger partial charge in [0.15, 0.2) is 6.07 Å². The van der Waals surface area contributed by atoms with Crippen LogP contribution in [0.3, 0.4) is 0 Å². The molecule has 33 heavy (non-hydrogen) atoms.